The first-order valence-corrected chi connectivity index (χ1v) is 13.2. The number of anilines is 1. The summed E-state index contributed by atoms with van der Waals surface area (Å²) in [7, 11) is 0. The average Bonchev–Trinajstić information content (AvgIpc) is 3.06. The van der Waals surface area contributed by atoms with Crippen molar-refractivity contribution in [1.29, 1.82) is 0 Å². The molecule has 0 unspecified atom stereocenters. The van der Waals surface area contributed by atoms with Gasteiger partial charge in [0.1, 0.15) is 4.32 Å². The third kappa shape index (κ3) is 4.30. The van der Waals surface area contributed by atoms with Crippen molar-refractivity contribution in [1.82, 2.24) is 9.47 Å². The Bertz CT molecular complexity index is 1100. The van der Waals surface area contributed by atoms with Gasteiger partial charge in [-0.2, -0.15) is 11.8 Å². The molecule has 0 aliphatic carbocycles. The summed E-state index contributed by atoms with van der Waals surface area (Å²) in [6, 6.07) is 8.09. The molecule has 1 aromatic carbocycles. The summed E-state index contributed by atoms with van der Waals surface area (Å²) in [6.45, 7) is 7.07. The van der Waals surface area contributed by atoms with Crippen LogP contribution in [0.4, 0.5) is 5.69 Å². The summed E-state index contributed by atoms with van der Waals surface area (Å²) in [4.78, 5) is 31.2. The highest BCUT2D eigenvalue weighted by Crippen LogP contribution is 2.36. The predicted octanol–water partition coefficient (Wildman–Crippen LogP) is 4.58. The fraction of sp³-hybridized carbons (Fsp3) is 0.435. The Morgan fingerprint density at radius 1 is 1.13 bits per heavy atom. The van der Waals surface area contributed by atoms with E-state index in [1.54, 1.807) is 15.5 Å². The smallest absolute Gasteiger partial charge is 0.266 e. The van der Waals surface area contributed by atoms with Gasteiger partial charge in [0.25, 0.3) is 11.5 Å². The van der Waals surface area contributed by atoms with Gasteiger partial charge in [-0.15, -0.1) is 0 Å². The molecule has 2 aliphatic heterocycles. The topological polar surface area (TPSA) is 45.6 Å². The standard InChI is InChI=1S/C23H27N3O2S3/c1-3-5-10-26-22(28)19(31-23(26)29)15-17-20(24-11-13-30-14-12-24)16-8-6-7-9-18(16)25(4-2)21(17)27/h6-9,15H,3-5,10-14H2,1-2H3. The van der Waals surface area contributed by atoms with Gasteiger partial charge < -0.3 is 9.47 Å². The van der Waals surface area contributed by atoms with E-state index in [4.69, 9.17) is 12.2 Å². The maximum absolute atomic E-state index is 13.6. The number of unbranched alkanes of at least 4 members (excludes halogenated alkanes) is 1. The van der Waals surface area contributed by atoms with Gasteiger partial charge in [0, 0.05) is 43.1 Å². The van der Waals surface area contributed by atoms with Gasteiger partial charge in [-0.25, -0.2) is 0 Å². The number of para-hydroxylation sites is 1. The van der Waals surface area contributed by atoms with Crippen LogP contribution in [-0.4, -0.2) is 50.8 Å². The number of amides is 1. The maximum Gasteiger partial charge on any atom is 0.266 e. The molecular weight excluding hydrogens is 446 g/mol. The summed E-state index contributed by atoms with van der Waals surface area (Å²) in [5.41, 5.74) is 2.44. The van der Waals surface area contributed by atoms with Crippen LogP contribution in [0.2, 0.25) is 0 Å². The molecule has 1 aromatic heterocycles. The second-order valence-corrected chi connectivity index (χ2v) is 10.5. The molecule has 4 rings (SSSR count). The van der Waals surface area contributed by atoms with E-state index in [1.165, 1.54) is 11.8 Å². The zero-order chi connectivity index (χ0) is 22.0. The number of thiocarbonyl (C=S) groups is 1. The van der Waals surface area contributed by atoms with E-state index in [2.05, 4.69) is 17.9 Å². The first-order chi connectivity index (χ1) is 15.1. The molecule has 2 aromatic rings. The Kier molecular flexibility index (Phi) is 7.08. The van der Waals surface area contributed by atoms with Crippen molar-refractivity contribution >= 4 is 68.6 Å². The molecule has 1 amide bonds. The molecule has 2 saturated heterocycles. The third-order valence-corrected chi connectivity index (χ3v) is 8.03. The van der Waals surface area contributed by atoms with Crippen LogP contribution in [0.5, 0.6) is 0 Å². The lowest BCUT2D eigenvalue weighted by atomic mass is 10.1. The summed E-state index contributed by atoms with van der Waals surface area (Å²) in [6.07, 6.45) is 3.71. The number of benzene rings is 1. The van der Waals surface area contributed by atoms with Gasteiger partial charge in [0.2, 0.25) is 0 Å². The Balaban J connectivity index is 1.90. The van der Waals surface area contributed by atoms with Crippen molar-refractivity contribution < 1.29 is 4.79 Å². The van der Waals surface area contributed by atoms with E-state index in [1.807, 2.05) is 36.9 Å². The zero-order valence-corrected chi connectivity index (χ0v) is 20.4. The predicted molar refractivity (Wildman–Crippen MR) is 138 cm³/mol. The van der Waals surface area contributed by atoms with E-state index in [-0.39, 0.29) is 11.5 Å². The largest absolute Gasteiger partial charge is 0.369 e. The number of nitrogens with zero attached hydrogens (tertiary/aromatic N) is 3. The molecule has 0 spiro atoms. The molecule has 0 atom stereocenters. The summed E-state index contributed by atoms with van der Waals surface area (Å²) in [5.74, 6) is 1.98. The van der Waals surface area contributed by atoms with Gasteiger partial charge in [0.05, 0.1) is 21.7 Å². The van der Waals surface area contributed by atoms with Crippen LogP contribution in [0.3, 0.4) is 0 Å². The van der Waals surface area contributed by atoms with E-state index >= 15 is 0 Å². The minimum atomic E-state index is -0.0841. The number of hydrogen-bond acceptors (Lipinski definition) is 6. The molecule has 8 heteroatoms. The molecule has 0 radical (unpaired) electrons. The van der Waals surface area contributed by atoms with Crippen molar-refractivity contribution in [3.8, 4) is 0 Å². The molecule has 5 nitrogen and oxygen atoms in total. The van der Waals surface area contributed by atoms with Crippen LogP contribution < -0.4 is 10.5 Å². The van der Waals surface area contributed by atoms with Crippen molar-refractivity contribution in [3.05, 3.63) is 45.1 Å². The van der Waals surface area contributed by atoms with Gasteiger partial charge >= 0.3 is 0 Å². The fourth-order valence-electron chi connectivity index (χ4n) is 4.12. The number of fused-ring (bicyclic) bond motifs is 1. The lowest BCUT2D eigenvalue weighted by Gasteiger charge is -2.31. The maximum atomic E-state index is 13.6. The molecule has 31 heavy (non-hydrogen) atoms. The van der Waals surface area contributed by atoms with Crippen LogP contribution in [0, 0.1) is 0 Å². The summed E-state index contributed by atoms with van der Waals surface area (Å²) >= 11 is 8.71. The van der Waals surface area contributed by atoms with Gasteiger partial charge in [-0.05, 0) is 25.5 Å². The number of aryl methyl sites for hydroxylation is 1. The third-order valence-electron chi connectivity index (χ3n) is 5.71. The average molecular weight is 474 g/mol. The fourth-order valence-corrected chi connectivity index (χ4v) is 6.32. The van der Waals surface area contributed by atoms with E-state index in [0.29, 0.717) is 27.9 Å². The Labute approximate surface area is 196 Å². The molecular formula is C23H27N3O2S3. The lowest BCUT2D eigenvalue weighted by Crippen LogP contribution is -2.35. The quantitative estimate of drug-likeness (QED) is 0.452. The van der Waals surface area contributed by atoms with Crippen molar-refractivity contribution in [2.75, 3.05) is 36.0 Å². The van der Waals surface area contributed by atoms with Gasteiger partial charge in [0.15, 0.2) is 0 Å². The summed E-state index contributed by atoms with van der Waals surface area (Å²) < 4.78 is 2.39. The highest BCUT2D eigenvalue weighted by molar-refractivity contribution is 8.26. The number of carbonyl (C=O) groups excluding carboxylic acids is 1. The molecule has 0 N–H and O–H groups in total. The Morgan fingerprint density at radius 3 is 2.58 bits per heavy atom. The lowest BCUT2D eigenvalue weighted by molar-refractivity contribution is -0.122. The number of rotatable bonds is 6. The van der Waals surface area contributed by atoms with Crippen LogP contribution in [-0.2, 0) is 11.3 Å². The number of aromatic nitrogens is 1. The highest BCUT2D eigenvalue weighted by atomic mass is 32.2. The monoisotopic (exact) mass is 473 g/mol. The molecule has 2 aliphatic rings. The molecule has 0 bridgehead atoms. The minimum Gasteiger partial charge on any atom is -0.369 e. The normalized spacial score (nSPS) is 18.6. The molecule has 164 valence electrons. The van der Waals surface area contributed by atoms with E-state index in [9.17, 15) is 9.59 Å². The molecule has 2 fully saturated rings. The van der Waals surface area contributed by atoms with Crippen molar-refractivity contribution in [2.45, 2.75) is 33.2 Å². The summed E-state index contributed by atoms with van der Waals surface area (Å²) in [5, 5.41) is 1.06. The first kappa shape index (κ1) is 22.4. The number of thioether (sulfide) groups is 2. The van der Waals surface area contributed by atoms with Crippen molar-refractivity contribution in [2.24, 2.45) is 0 Å². The number of hydrogen-bond donors (Lipinski definition) is 0. The van der Waals surface area contributed by atoms with Gasteiger partial charge in [-0.3, -0.25) is 14.5 Å². The van der Waals surface area contributed by atoms with Crippen LogP contribution >= 0.6 is 35.7 Å². The number of carbonyl (C=O) groups is 1. The number of pyridine rings is 1. The van der Waals surface area contributed by atoms with E-state index < -0.39 is 0 Å². The SMILES string of the molecule is CCCCN1C(=O)C(=Cc2c(N3CCSCC3)c3ccccc3n(CC)c2=O)SC1=S. The second kappa shape index (κ2) is 9.79. The van der Waals surface area contributed by atoms with Gasteiger partial charge in [-0.1, -0.05) is 55.5 Å². The van der Waals surface area contributed by atoms with Crippen LogP contribution in [0.15, 0.2) is 34.0 Å². The van der Waals surface area contributed by atoms with E-state index in [0.717, 1.165) is 54.0 Å². The van der Waals surface area contributed by atoms with Crippen LogP contribution in [0.1, 0.15) is 32.3 Å². The molecule has 0 saturated carbocycles. The highest BCUT2D eigenvalue weighted by Gasteiger charge is 2.32. The van der Waals surface area contributed by atoms with Crippen LogP contribution in [0.25, 0.3) is 17.0 Å². The first-order valence-electron chi connectivity index (χ1n) is 10.8. The zero-order valence-electron chi connectivity index (χ0n) is 17.9. The molecule has 3 heterocycles. The second-order valence-electron chi connectivity index (χ2n) is 7.62. The Morgan fingerprint density at radius 2 is 1.87 bits per heavy atom. The minimum absolute atomic E-state index is 0.0479. The van der Waals surface area contributed by atoms with Crippen molar-refractivity contribution in [3.63, 3.8) is 0 Å². The Hall–Kier alpha value is -1.77.